The summed E-state index contributed by atoms with van der Waals surface area (Å²) in [4.78, 5) is 6.90. The van der Waals surface area contributed by atoms with Crippen molar-refractivity contribution in [1.82, 2.24) is 15.5 Å². The van der Waals surface area contributed by atoms with Gasteiger partial charge in [-0.3, -0.25) is 9.89 Å². The molecule has 0 aromatic rings. The Balaban J connectivity index is 0.00000364. The molecule has 2 aliphatic rings. The van der Waals surface area contributed by atoms with Crippen molar-refractivity contribution in [1.29, 1.82) is 0 Å². The summed E-state index contributed by atoms with van der Waals surface area (Å²) in [6, 6.07) is 0.467. The van der Waals surface area contributed by atoms with Gasteiger partial charge in [0.15, 0.2) is 5.96 Å². The highest BCUT2D eigenvalue weighted by Crippen LogP contribution is 2.21. The van der Waals surface area contributed by atoms with E-state index in [4.69, 9.17) is 14.2 Å². The fourth-order valence-electron chi connectivity index (χ4n) is 3.48. The van der Waals surface area contributed by atoms with Crippen LogP contribution in [0.2, 0.25) is 0 Å². The van der Waals surface area contributed by atoms with Crippen molar-refractivity contribution >= 4 is 29.9 Å². The lowest BCUT2D eigenvalue weighted by Crippen LogP contribution is -2.53. The number of guanidine groups is 1. The summed E-state index contributed by atoms with van der Waals surface area (Å²) >= 11 is 0. The van der Waals surface area contributed by atoms with Crippen molar-refractivity contribution in [2.24, 2.45) is 16.8 Å². The minimum Gasteiger partial charge on any atom is -0.381 e. The summed E-state index contributed by atoms with van der Waals surface area (Å²) in [5.41, 5.74) is 0. The Morgan fingerprint density at radius 1 is 1.19 bits per heavy atom. The highest BCUT2D eigenvalue weighted by Gasteiger charge is 2.31. The molecule has 2 aliphatic heterocycles. The minimum atomic E-state index is 0. The summed E-state index contributed by atoms with van der Waals surface area (Å²) < 4.78 is 16.8. The molecule has 0 aromatic heterocycles. The Kier molecular flexibility index (Phi) is 13.6. The van der Waals surface area contributed by atoms with Crippen LogP contribution in [-0.4, -0.2) is 89.8 Å². The van der Waals surface area contributed by atoms with E-state index in [0.29, 0.717) is 17.9 Å². The number of rotatable bonds is 10. The van der Waals surface area contributed by atoms with Gasteiger partial charge in [0, 0.05) is 65.0 Å². The molecular weight excluding hydrogens is 459 g/mol. The zero-order chi connectivity index (χ0) is 18.6. The Morgan fingerprint density at radius 3 is 2.59 bits per heavy atom. The predicted molar refractivity (Wildman–Crippen MR) is 120 cm³/mol. The molecule has 0 amide bonds. The van der Waals surface area contributed by atoms with E-state index in [9.17, 15) is 0 Å². The molecule has 2 rings (SSSR count). The van der Waals surface area contributed by atoms with E-state index in [-0.39, 0.29) is 24.0 Å². The van der Waals surface area contributed by atoms with Gasteiger partial charge in [0.1, 0.15) is 0 Å². The Bertz CT molecular complexity index is 400. The van der Waals surface area contributed by atoms with Crippen LogP contribution < -0.4 is 10.6 Å². The largest absolute Gasteiger partial charge is 0.381 e. The van der Waals surface area contributed by atoms with Crippen LogP contribution in [0.1, 0.15) is 26.7 Å². The first kappa shape index (κ1) is 24.9. The topological polar surface area (TPSA) is 67.4 Å². The fraction of sp³-hybridized carbons (Fsp3) is 0.947. The van der Waals surface area contributed by atoms with Crippen LogP contribution in [0, 0.1) is 11.8 Å². The van der Waals surface area contributed by atoms with Gasteiger partial charge in [0.2, 0.25) is 0 Å². The average Bonchev–Trinajstić information content (AvgIpc) is 3.18. The van der Waals surface area contributed by atoms with E-state index >= 15 is 0 Å². The summed E-state index contributed by atoms with van der Waals surface area (Å²) in [5, 5.41) is 6.90. The smallest absolute Gasteiger partial charge is 0.191 e. The monoisotopic (exact) mass is 498 g/mol. The lowest BCUT2D eigenvalue weighted by Gasteiger charge is -2.37. The molecule has 0 bridgehead atoms. The number of nitrogens with zero attached hydrogens (tertiary/aromatic N) is 2. The van der Waals surface area contributed by atoms with Gasteiger partial charge in [-0.1, -0.05) is 13.8 Å². The quantitative estimate of drug-likeness (QED) is 0.206. The van der Waals surface area contributed by atoms with Crippen LogP contribution >= 0.6 is 24.0 Å². The van der Waals surface area contributed by atoms with E-state index in [1.165, 1.54) is 0 Å². The second kappa shape index (κ2) is 14.8. The van der Waals surface area contributed by atoms with Crippen LogP contribution in [0.25, 0.3) is 0 Å². The molecule has 2 saturated heterocycles. The SMILES string of the molecule is CN=C(NCCCOCC(C)C)NCC(C1CCOC1)N1CCOCC1.I. The molecule has 0 aromatic carbocycles. The number of hydrogen-bond donors (Lipinski definition) is 2. The third-order valence-electron chi connectivity index (χ3n) is 4.94. The third-order valence-corrected chi connectivity index (χ3v) is 4.94. The minimum absolute atomic E-state index is 0. The van der Waals surface area contributed by atoms with Crippen molar-refractivity contribution in [2.45, 2.75) is 32.7 Å². The van der Waals surface area contributed by atoms with Gasteiger partial charge < -0.3 is 24.8 Å². The summed E-state index contributed by atoms with van der Waals surface area (Å²) in [5.74, 6) is 2.04. The van der Waals surface area contributed by atoms with Gasteiger partial charge >= 0.3 is 0 Å². The number of ether oxygens (including phenoxy) is 3. The fourth-order valence-corrected chi connectivity index (χ4v) is 3.48. The van der Waals surface area contributed by atoms with Crippen molar-refractivity contribution in [3.63, 3.8) is 0 Å². The second-order valence-corrected chi connectivity index (χ2v) is 7.54. The molecular formula is C19H39IN4O3. The van der Waals surface area contributed by atoms with Crippen LogP contribution in [-0.2, 0) is 14.2 Å². The van der Waals surface area contributed by atoms with Crippen LogP contribution in [0.4, 0.5) is 0 Å². The molecule has 8 heteroatoms. The number of hydrogen-bond acceptors (Lipinski definition) is 5. The van der Waals surface area contributed by atoms with Crippen molar-refractivity contribution in [2.75, 3.05) is 72.9 Å². The number of nitrogens with one attached hydrogen (secondary N) is 2. The lowest BCUT2D eigenvalue weighted by molar-refractivity contribution is 0.00246. The normalized spacial score (nSPS) is 22.5. The van der Waals surface area contributed by atoms with E-state index in [2.05, 4.69) is 34.4 Å². The van der Waals surface area contributed by atoms with E-state index in [1.807, 2.05) is 7.05 Å². The zero-order valence-electron chi connectivity index (χ0n) is 17.2. The maximum atomic E-state index is 5.64. The Labute approximate surface area is 182 Å². The zero-order valence-corrected chi connectivity index (χ0v) is 19.6. The molecule has 7 nitrogen and oxygen atoms in total. The molecule has 0 spiro atoms. The first-order valence-electron chi connectivity index (χ1n) is 10.1. The molecule has 2 atom stereocenters. The number of halogens is 1. The standard InChI is InChI=1S/C19H38N4O3.HI/c1-16(2)14-25-9-4-6-21-19(20-3)22-13-18(17-5-10-26-15-17)23-7-11-24-12-8-23;/h16-18H,4-15H2,1-3H3,(H2,20,21,22);1H. The van der Waals surface area contributed by atoms with Crippen LogP contribution in [0.5, 0.6) is 0 Å². The molecule has 0 saturated carbocycles. The van der Waals surface area contributed by atoms with Gasteiger partial charge in [0.05, 0.1) is 19.8 Å². The Hall–Kier alpha value is -0.160. The van der Waals surface area contributed by atoms with Gasteiger partial charge in [0.25, 0.3) is 0 Å². The van der Waals surface area contributed by atoms with Crippen LogP contribution in [0.15, 0.2) is 4.99 Å². The molecule has 160 valence electrons. The molecule has 2 unspecified atom stereocenters. The van der Waals surface area contributed by atoms with Gasteiger partial charge in [-0.05, 0) is 18.8 Å². The second-order valence-electron chi connectivity index (χ2n) is 7.54. The van der Waals surface area contributed by atoms with Crippen molar-refractivity contribution < 1.29 is 14.2 Å². The van der Waals surface area contributed by atoms with Gasteiger partial charge in [-0.2, -0.15) is 0 Å². The molecule has 2 heterocycles. The number of aliphatic imine (C=N–C) groups is 1. The first-order valence-corrected chi connectivity index (χ1v) is 10.1. The van der Waals surface area contributed by atoms with E-state index in [0.717, 1.165) is 84.6 Å². The first-order chi connectivity index (χ1) is 12.7. The van der Waals surface area contributed by atoms with Gasteiger partial charge in [-0.25, -0.2) is 0 Å². The molecule has 2 fully saturated rings. The summed E-state index contributed by atoms with van der Waals surface area (Å²) in [6.07, 6.45) is 2.12. The van der Waals surface area contributed by atoms with Gasteiger partial charge in [-0.15, -0.1) is 24.0 Å². The third kappa shape index (κ3) is 9.74. The maximum Gasteiger partial charge on any atom is 0.191 e. The molecule has 2 N–H and O–H groups in total. The lowest BCUT2D eigenvalue weighted by atomic mass is 9.97. The summed E-state index contributed by atoms with van der Waals surface area (Å²) in [7, 11) is 1.83. The Morgan fingerprint density at radius 2 is 1.96 bits per heavy atom. The highest BCUT2D eigenvalue weighted by molar-refractivity contribution is 14.0. The molecule has 0 aliphatic carbocycles. The van der Waals surface area contributed by atoms with Crippen LogP contribution in [0.3, 0.4) is 0 Å². The average molecular weight is 498 g/mol. The number of morpholine rings is 1. The molecule has 0 radical (unpaired) electrons. The predicted octanol–water partition coefficient (Wildman–Crippen LogP) is 1.57. The summed E-state index contributed by atoms with van der Waals surface area (Å²) in [6.45, 7) is 13.1. The van der Waals surface area contributed by atoms with Crippen molar-refractivity contribution in [3.8, 4) is 0 Å². The van der Waals surface area contributed by atoms with Crippen molar-refractivity contribution in [3.05, 3.63) is 0 Å². The molecule has 27 heavy (non-hydrogen) atoms. The van der Waals surface area contributed by atoms with E-state index < -0.39 is 0 Å². The maximum absolute atomic E-state index is 5.64. The highest BCUT2D eigenvalue weighted by atomic mass is 127. The van der Waals surface area contributed by atoms with E-state index in [1.54, 1.807) is 0 Å².